The van der Waals surface area contributed by atoms with Crippen molar-refractivity contribution in [2.75, 3.05) is 0 Å². The molecule has 15 heteroatoms. The van der Waals surface area contributed by atoms with E-state index in [1.54, 1.807) is 0 Å². The van der Waals surface area contributed by atoms with E-state index in [0.29, 0.717) is 0 Å². The van der Waals surface area contributed by atoms with E-state index in [1.165, 1.54) is 0 Å². The first-order chi connectivity index (χ1) is 7.00. The van der Waals surface area contributed by atoms with Crippen LogP contribution >= 0.6 is 0 Å². The summed E-state index contributed by atoms with van der Waals surface area (Å²) in [5, 5.41) is -7.00. The molecule has 0 unspecified atom stereocenters. The number of hydrogen-bond acceptors (Lipinski definition) is 2. The monoisotopic (exact) mass is 316 g/mol. The van der Waals surface area contributed by atoms with Crippen molar-refractivity contribution in [1.82, 2.24) is 0 Å². The second-order valence-corrected chi connectivity index (χ2v) is 4.10. The van der Waals surface area contributed by atoms with Gasteiger partial charge in [-0.15, -0.1) is 0 Å². The van der Waals surface area contributed by atoms with Gasteiger partial charge >= 0.3 is 71.1 Å². The van der Waals surface area contributed by atoms with Crippen molar-refractivity contribution in [2.24, 2.45) is 0 Å². The zero-order chi connectivity index (χ0) is 14.5. The van der Waals surface area contributed by atoms with Gasteiger partial charge in [-0.05, 0) is 0 Å². The van der Waals surface area contributed by atoms with Crippen molar-refractivity contribution in [3.63, 3.8) is 0 Å². The second-order valence-electron chi connectivity index (χ2n) is 2.64. The summed E-state index contributed by atoms with van der Waals surface area (Å²) in [4.78, 5) is 0. The van der Waals surface area contributed by atoms with Gasteiger partial charge in [0.25, 0.3) is 0 Å². The van der Waals surface area contributed by atoms with Crippen LogP contribution < -0.4 is 37.7 Å². The van der Waals surface area contributed by atoms with Gasteiger partial charge in [-0.1, -0.05) is 0 Å². The first kappa shape index (κ1) is 24.5. The fourth-order valence-corrected chi connectivity index (χ4v) is 0.975. The Hall–Kier alpha value is 0.475. The summed E-state index contributed by atoms with van der Waals surface area (Å²) in [6.07, 6.45) is -7.13. The maximum atomic E-state index is 12.2. The van der Waals surface area contributed by atoms with Crippen LogP contribution in [0, 0.1) is 0 Å². The molecule has 0 aromatic rings. The first-order valence-corrected chi connectivity index (χ1v) is 4.61. The maximum absolute atomic E-state index is 12.2. The third-order valence-corrected chi connectivity index (χ3v) is 2.34. The maximum Gasteiger partial charge on any atom is 1.00 e. The smallest absolute Gasteiger partial charge is 1.00 e. The molecule has 0 spiro atoms. The third kappa shape index (κ3) is 3.77. The van der Waals surface area contributed by atoms with Gasteiger partial charge in [0.1, 0.15) is 0 Å². The Bertz CT molecular complexity index is 412. The molecule has 3 nitrogen and oxygen atoms in total. The van der Waals surface area contributed by atoms with E-state index in [0.717, 1.165) is 0 Å². The summed E-state index contributed by atoms with van der Waals surface area (Å²) < 4.78 is 134. The van der Waals surface area contributed by atoms with E-state index in [-0.39, 0.29) is 40.6 Å². The number of halogens is 9. The molecule has 0 aliphatic heterocycles. The van der Waals surface area contributed by atoms with Gasteiger partial charge in [-0.25, -0.2) is 0 Å². The van der Waals surface area contributed by atoms with Crippen LogP contribution in [-0.2, 0) is 10.1 Å². The minimum atomic E-state index is -7.37. The predicted molar refractivity (Wildman–Crippen MR) is 34.7 cm³/mol. The molecule has 0 saturated carbocycles. The van der Waals surface area contributed by atoms with E-state index < -0.39 is 33.4 Å². The van der Waals surface area contributed by atoms with Gasteiger partial charge in [-0.2, -0.15) is 47.9 Å². The van der Waals surface area contributed by atoms with Crippen molar-refractivity contribution >= 4 is 10.1 Å². The van der Waals surface area contributed by atoms with Crippen LogP contribution in [0.2, 0.25) is 0 Å². The molecule has 0 heterocycles. The van der Waals surface area contributed by atoms with Gasteiger partial charge in [0.2, 0.25) is 0 Å². The molecule has 0 saturated heterocycles. The standard InChI is InChI=1S/C4HF9O3S.2Li.2H/c5-1(6,3(9,10)11)2(7,8)4(12,13)17(14,15)16;;;;/h(H,14,15,16);;;;/q;2*+1;2*-1. The van der Waals surface area contributed by atoms with Gasteiger partial charge in [0, 0.05) is 0 Å². The van der Waals surface area contributed by atoms with Crippen LogP contribution in [-0.4, -0.2) is 36.2 Å². The Balaban J connectivity index is -0.000000213. The molecule has 0 atom stereocenters. The summed E-state index contributed by atoms with van der Waals surface area (Å²) in [6.45, 7) is 0. The molecule has 0 radical (unpaired) electrons. The molecule has 19 heavy (non-hydrogen) atoms. The molecule has 0 aliphatic carbocycles. The van der Waals surface area contributed by atoms with Crippen molar-refractivity contribution in [1.29, 1.82) is 0 Å². The van der Waals surface area contributed by atoms with Crippen molar-refractivity contribution in [3.8, 4) is 0 Å². The van der Waals surface area contributed by atoms with Crippen LogP contribution in [0.5, 0.6) is 0 Å². The third-order valence-electron chi connectivity index (χ3n) is 1.44. The average molecular weight is 316 g/mol. The summed E-state index contributed by atoms with van der Waals surface area (Å²) in [6, 6.07) is 0. The quantitative estimate of drug-likeness (QED) is 0.335. The molecule has 0 aromatic heterocycles. The summed E-state index contributed by atoms with van der Waals surface area (Å²) in [5.41, 5.74) is 0. The van der Waals surface area contributed by atoms with Crippen LogP contribution in [0.25, 0.3) is 0 Å². The first-order valence-electron chi connectivity index (χ1n) is 3.17. The van der Waals surface area contributed by atoms with Crippen molar-refractivity contribution in [2.45, 2.75) is 23.3 Å². The van der Waals surface area contributed by atoms with Crippen molar-refractivity contribution in [3.05, 3.63) is 0 Å². The molecule has 0 fully saturated rings. The van der Waals surface area contributed by atoms with E-state index >= 15 is 0 Å². The molecule has 0 bridgehead atoms. The SMILES string of the molecule is O=S(=O)(O)C(F)(F)C(F)(F)C(F)(F)C(F)(F)F.[H-].[H-].[Li+].[Li+]. The van der Waals surface area contributed by atoms with Crippen molar-refractivity contribution < 1.29 is 93.1 Å². The van der Waals surface area contributed by atoms with Gasteiger partial charge in [-0.3, -0.25) is 4.55 Å². The molecule has 0 rings (SSSR count). The van der Waals surface area contributed by atoms with E-state index in [1.807, 2.05) is 0 Å². The van der Waals surface area contributed by atoms with E-state index in [4.69, 9.17) is 4.55 Å². The molecule has 0 aliphatic rings. The zero-order valence-electron chi connectivity index (χ0n) is 11.1. The topological polar surface area (TPSA) is 54.4 Å². The summed E-state index contributed by atoms with van der Waals surface area (Å²) in [5.74, 6) is -14.7. The van der Waals surface area contributed by atoms with E-state index in [2.05, 4.69) is 0 Å². The average Bonchev–Trinajstić information content (AvgIpc) is 1.98. The van der Waals surface area contributed by atoms with Crippen LogP contribution in [0.15, 0.2) is 0 Å². The minimum absolute atomic E-state index is 0. The normalized spacial score (nSPS) is 14.4. The summed E-state index contributed by atoms with van der Waals surface area (Å²) >= 11 is 0. The Morgan fingerprint density at radius 2 is 1.00 bits per heavy atom. The van der Waals surface area contributed by atoms with Gasteiger partial charge in [0.15, 0.2) is 0 Å². The Morgan fingerprint density at radius 3 is 1.16 bits per heavy atom. The molecular formula is C4H3F9Li2O3S. The fourth-order valence-electron chi connectivity index (χ4n) is 0.523. The second kappa shape index (κ2) is 6.07. The predicted octanol–water partition coefficient (Wildman–Crippen LogP) is -3.47. The van der Waals surface area contributed by atoms with Crippen LogP contribution in [0.4, 0.5) is 39.5 Å². The van der Waals surface area contributed by atoms with Crippen LogP contribution in [0.3, 0.4) is 0 Å². The molecular weight excluding hydrogens is 313 g/mol. The zero-order valence-corrected chi connectivity index (χ0v) is 9.89. The number of hydrogen-bond donors (Lipinski definition) is 1. The molecule has 0 amide bonds. The molecule has 1 N–H and O–H groups in total. The largest absolute Gasteiger partial charge is 1.00 e. The summed E-state index contributed by atoms with van der Waals surface area (Å²) in [7, 11) is -7.17. The minimum Gasteiger partial charge on any atom is -1.00 e. The Labute approximate surface area is 127 Å². The number of rotatable bonds is 3. The Kier molecular flexibility index (Phi) is 7.83. The fraction of sp³-hybridized carbons (Fsp3) is 1.00. The molecule has 0 aromatic carbocycles. The molecule has 108 valence electrons. The van der Waals surface area contributed by atoms with E-state index in [9.17, 15) is 47.9 Å². The Morgan fingerprint density at radius 1 is 0.737 bits per heavy atom. The van der Waals surface area contributed by atoms with Gasteiger partial charge < -0.3 is 2.85 Å². The van der Waals surface area contributed by atoms with Gasteiger partial charge in [0.05, 0.1) is 0 Å². The number of alkyl halides is 9. The van der Waals surface area contributed by atoms with Crippen LogP contribution in [0.1, 0.15) is 2.85 Å².